The second kappa shape index (κ2) is 7.77. The SMILES string of the molecule is CCn1c(SCc2ccc(Br)cc2)nnc(-c2ccccc2)c1=O. The Bertz CT molecular complexity index is 879. The summed E-state index contributed by atoms with van der Waals surface area (Å²) in [6.07, 6.45) is 0. The van der Waals surface area contributed by atoms with Crippen LogP contribution in [0.25, 0.3) is 11.3 Å². The van der Waals surface area contributed by atoms with Crippen molar-refractivity contribution in [3.05, 3.63) is 75.0 Å². The molecule has 0 N–H and O–H groups in total. The molecule has 3 rings (SSSR count). The lowest BCUT2D eigenvalue weighted by atomic mass is 10.2. The minimum absolute atomic E-state index is 0.1000. The van der Waals surface area contributed by atoms with Crippen molar-refractivity contribution in [3.8, 4) is 11.3 Å². The first kappa shape index (κ1) is 16.9. The molecule has 4 nitrogen and oxygen atoms in total. The number of hydrogen-bond acceptors (Lipinski definition) is 4. The van der Waals surface area contributed by atoms with E-state index < -0.39 is 0 Å². The number of hydrogen-bond donors (Lipinski definition) is 0. The Kier molecular flexibility index (Phi) is 5.48. The van der Waals surface area contributed by atoms with Crippen molar-refractivity contribution < 1.29 is 0 Å². The van der Waals surface area contributed by atoms with Crippen LogP contribution in [0.4, 0.5) is 0 Å². The Morgan fingerprint density at radius 3 is 2.42 bits per heavy atom. The molecule has 0 bridgehead atoms. The normalized spacial score (nSPS) is 10.8. The van der Waals surface area contributed by atoms with Crippen molar-refractivity contribution in [2.45, 2.75) is 24.4 Å². The van der Waals surface area contributed by atoms with Gasteiger partial charge in [-0.05, 0) is 24.6 Å². The van der Waals surface area contributed by atoms with Crippen LogP contribution in [0, 0.1) is 0 Å². The predicted molar refractivity (Wildman–Crippen MR) is 101 cm³/mol. The molecule has 24 heavy (non-hydrogen) atoms. The van der Waals surface area contributed by atoms with Gasteiger partial charge in [-0.3, -0.25) is 9.36 Å². The topological polar surface area (TPSA) is 47.8 Å². The van der Waals surface area contributed by atoms with E-state index in [0.29, 0.717) is 17.4 Å². The van der Waals surface area contributed by atoms with E-state index in [-0.39, 0.29) is 5.56 Å². The van der Waals surface area contributed by atoms with Gasteiger partial charge in [0.15, 0.2) is 10.9 Å². The maximum atomic E-state index is 12.7. The number of nitrogens with zero attached hydrogens (tertiary/aromatic N) is 3. The molecule has 0 saturated heterocycles. The van der Waals surface area contributed by atoms with Gasteiger partial charge in [0.25, 0.3) is 5.56 Å². The Balaban J connectivity index is 1.88. The van der Waals surface area contributed by atoms with Crippen molar-refractivity contribution in [3.63, 3.8) is 0 Å². The Hall–Kier alpha value is -1.92. The maximum Gasteiger partial charge on any atom is 0.281 e. The summed E-state index contributed by atoms with van der Waals surface area (Å²) in [5.41, 5.74) is 2.26. The lowest BCUT2D eigenvalue weighted by Crippen LogP contribution is -2.25. The highest BCUT2D eigenvalue weighted by atomic mass is 79.9. The van der Waals surface area contributed by atoms with E-state index in [2.05, 4.69) is 38.3 Å². The zero-order valence-corrected chi connectivity index (χ0v) is 15.5. The highest BCUT2D eigenvalue weighted by Crippen LogP contribution is 2.22. The van der Waals surface area contributed by atoms with Gasteiger partial charge in [-0.1, -0.05) is 70.2 Å². The van der Waals surface area contributed by atoms with Crippen molar-refractivity contribution in [1.29, 1.82) is 0 Å². The van der Waals surface area contributed by atoms with Crippen molar-refractivity contribution in [1.82, 2.24) is 14.8 Å². The van der Waals surface area contributed by atoms with E-state index in [1.54, 1.807) is 4.57 Å². The van der Waals surface area contributed by atoms with Crippen LogP contribution >= 0.6 is 27.7 Å². The summed E-state index contributed by atoms with van der Waals surface area (Å²) in [6, 6.07) is 17.6. The van der Waals surface area contributed by atoms with E-state index in [4.69, 9.17) is 0 Å². The second-order valence-corrected chi connectivity index (χ2v) is 7.02. The minimum atomic E-state index is -0.1000. The average Bonchev–Trinajstić information content (AvgIpc) is 2.62. The van der Waals surface area contributed by atoms with Crippen molar-refractivity contribution in [2.75, 3.05) is 0 Å². The molecular weight excluding hydrogens is 386 g/mol. The minimum Gasteiger partial charge on any atom is -0.285 e. The summed E-state index contributed by atoms with van der Waals surface area (Å²) in [4.78, 5) is 12.7. The highest BCUT2D eigenvalue weighted by Gasteiger charge is 2.13. The summed E-state index contributed by atoms with van der Waals surface area (Å²) in [6.45, 7) is 2.51. The van der Waals surface area contributed by atoms with E-state index in [1.165, 1.54) is 17.3 Å². The molecule has 0 amide bonds. The van der Waals surface area contributed by atoms with Gasteiger partial charge in [0.1, 0.15) is 0 Å². The molecule has 2 aromatic carbocycles. The Morgan fingerprint density at radius 1 is 1.04 bits per heavy atom. The average molecular weight is 402 g/mol. The zero-order chi connectivity index (χ0) is 16.9. The molecule has 0 spiro atoms. The molecular formula is C18H16BrN3OS. The third-order valence-corrected chi connectivity index (χ3v) is 5.13. The quantitative estimate of drug-likeness (QED) is 0.595. The fourth-order valence-corrected chi connectivity index (χ4v) is 3.51. The molecule has 0 aliphatic carbocycles. The number of thioether (sulfide) groups is 1. The number of halogens is 1. The smallest absolute Gasteiger partial charge is 0.281 e. The van der Waals surface area contributed by atoms with Crippen molar-refractivity contribution in [2.24, 2.45) is 0 Å². The molecule has 6 heteroatoms. The van der Waals surface area contributed by atoms with Gasteiger partial charge in [-0.25, -0.2) is 0 Å². The third-order valence-electron chi connectivity index (χ3n) is 3.56. The van der Waals surface area contributed by atoms with Crippen LogP contribution in [0.15, 0.2) is 69.0 Å². The lowest BCUT2D eigenvalue weighted by Gasteiger charge is -2.10. The summed E-state index contributed by atoms with van der Waals surface area (Å²) in [5, 5.41) is 9.10. The Morgan fingerprint density at radius 2 is 1.75 bits per heavy atom. The van der Waals surface area contributed by atoms with Crippen LogP contribution in [0.3, 0.4) is 0 Å². The first-order valence-electron chi connectivity index (χ1n) is 7.59. The fourth-order valence-electron chi connectivity index (χ4n) is 2.30. The third kappa shape index (κ3) is 3.76. The van der Waals surface area contributed by atoms with Crippen molar-refractivity contribution >= 4 is 27.7 Å². The molecule has 0 unspecified atom stereocenters. The molecule has 0 atom stereocenters. The van der Waals surface area contributed by atoms with Gasteiger partial charge in [-0.15, -0.1) is 10.2 Å². The number of benzene rings is 2. The molecule has 0 aliphatic rings. The zero-order valence-electron chi connectivity index (χ0n) is 13.1. The van der Waals surface area contributed by atoms with E-state index in [0.717, 1.165) is 15.8 Å². The van der Waals surface area contributed by atoms with E-state index in [9.17, 15) is 4.79 Å². The van der Waals surface area contributed by atoms with E-state index in [1.807, 2.05) is 49.4 Å². The molecule has 0 aliphatic heterocycles. The van der Waals surface area contributed by atoms with Crippen LogP contribution in [-0.2, 0) is 12.3 Å². The first-order chi connectivity index (χ1) is 11.7. The van der Waals surface area contributed by atoms with Gasteiger partial charge in [-0.2, -0.15) is 0 Å². The van der Waals surface area contributed by atoms with Gasteiger partial charge < -0.3 is 0 Å². The molecule has 0 saturated carbocycles. The molecule has 122 valence electrons. The standard InChI is InChI=1S/C18H16BrN3OS/c1-2-22-17(23)16(14-6-4-3-5-7-14)20-21-18(22)24-12-13-8-10-15(19)11-9-13/h3-11H,2,12H2,1H3. The highest BCUT2D eigenvalue weighted by molar-refractivity contribution is 9.10. The molecule has 0 fully saturated rings. The second-order valence-electron chi connectivity index (χ2n) is 5.16. The summed E-state index contributed by atoms with van der Waals surface area (Å²) in [7, 11) is 0. The summed E-state index contributed by atoms with van der Waals surface area (Å²) >= 11 is 4.95. The monoisotopic (exact) mass is 401 g/mol. The van der Waals surface area contributed by atoms with Gasteiger partial charge >= 0.3 is 0 Å². The lowest BCUT2D eigenvalue weighted by molar-refractivity contribution is 0.596. The van der Waals surface area contributed by atoms with Crippen LogP contribution in [0.2, 0.25) is 0 Å². The van der Waals surface area contributed by atoms with Crippen LogP contribution in [0.1, 0.15) is 12.5 Å². The number of rotatable bonds is 5. The molecule has 0 radical (unpaired) electrons. The fraction of sp³-hybridized carbons (Fsp3) is 0.167. The summed E-state index contributed by atoms with van der Waals surface area (Å²) < 4.78 is 2.73. The van der Waals surface area contributed by atoms with Crippen LogP contribution in [-0.4, -0.2) is 14.8 Å². The van der Waals surface area contributed by atoms with Gasteiger partial charge in [0, 0.05) is 22.3 Å². The number of aromatic nitrogens is 3. The van der Waals surface area contributed by atoms with Gasteiger partial charge in [0.2, 0.25) is 0 Å². The molecule has 3 aromatic rings. The van der Waals surface area contributed by atoms with Crippen LogP contribution in [0.5, 0.6) is 0 Å². The Labute approximate surface area is 153 Å². The molecule has 1 aromatic heterocycles. The van der Waals surface area contributed by atoms with Gasteiger partial charge in [0.05, 0.1) is 0 Å². The molecule has 1 heterocycles. The maximum absolute atomic E-state index is 12.7. The van der Waals surface area contributed by atoms with Crippen LogP contribution < -0.4 is 5.56 Å². The van der Waals surface area contributed by atoms with E-state index >= 15 is 0 Å². The predicted octanol–water partition coefficient (Wildman–Crippen LogP) is 4.38. The first-order valence-corrected chi connectivity index (χ1v) is 9.37. The largest absolute Gasteiger partial charge is 0.285 e. The summed E-state index contributed by atoms with van der Waals surface area (Å²) in [5.74, 6) is 0.742.